The highest BCUT2D eigenvalue weighted by atomic mass is 32.2. The van der Waals surface area contributed by atoms with Crippen LogP contribution in [0, 0.1) is 28.6 Å². The quantitative estimate of drug-likeness (QED) is 0.658. The highest BCUT2D eigenvalue weighted by Gasteiger charge is 2.57. The molecule has 3 fully saturated rings. The highest BCUT2D eigenvalue weighted by Crippen LogP contribution is 2.65. The highest BCUT2D eigenvalue weighted by molar-refractivity contribution is 8.00. The first-order valence-corrected chi connectivity index (χ1v) is 10.5. The summed E-state index contributed by atoms with van der Waals surface area (Å²) in [5, 5.41) is -0.149. The van der Waals surface area contributed by atoms with Crippen molar-refractivity contribution in [3.05, 3.63) is 11.6 Å². The zero-order valence-electron chi connectivity index (χ0n) is 14.4. The van der Waals surface area contributed by atoms with Crippen LogP contribution < -0.4 is 0 Å². The molecule has 0 bridgehead atoms. The van der Waals surface area contributed by atoms with E-state index in [9.17, 15) is 9.18 Å². The summed E-state index contributed by atoms with van der Waals surface area (Å²) in [5.74, 6) is 2.61. The minimum atomic E-state index is -0.440. The standard InChI is InChI=1S/C20H29FOS/c1-19-8-3-4-15(19)14-6-5-13-10-17(22)18(23-12-21)11-20(13,2)16(14)7-9-19/h10,14-16,18H,3-9,11-12H2,1-2H3/t14-,15-,16-,18?,19-,20-/m0/s1. The van der Waals surface area contributed by atoms with Gasteiger partial charge >= 0.3 is 0 Å². The number of allylic oxidation sites excluding steroid dienone is 1. The van der Waals surface area contributed by atoms with Crippen LogP contribution in [0.1, 0.15) is 65.2 Å². The summed E-state index contributed by atoms with van der Waals surface area (Å²) in [6, 6.07) is -0.440. The Hall–Kier alpha value is -0.310. The Kier molecular flexibility index (Phi) is 3.94. The summed E-state index contributed by atoms with van der Waals surface area (Å²) in [5.41, 5.74) is 2.12. The molecule has 3 heteroatoms. The number of fused-ring (bicyclic) bond motifs is 5. The predicted octanol–water partition coefficient (Wildman–Crippen LogP) is 5.55. The van der Waals surface area contributed by atoms with Crippen molar-refractivity contribution in [1.29, 1.82) is 0 Å². The molecule has 0 spiro atoms. The number of halogens is 1. The maximum atomic E-state index is 12.8. The van der Waals surface area contributed by atoms with E-state index in [0.29, 0.717) is 5.41 Å². The Bertz CT molecular complexity index is 544. The molecule has 0 amide bonds. The molecule has 4 aliphatic rings. The normalized spacial score (nSPS) is 49.2. The van der Waals surface area contributed by atoms with Crippen molar-refractivity contribution in [2.45, 2.75) is 70.5 Å². The summed E-state index contributed by atoms with van der Waals surface area (Å²) >= 11 is 1.21. The third-order valence-corrected chi connectivity index (χ3v) is 8.95. The molecule has 0 N–H and O–H groups in total. The summed E-state index contributed by atoms with van der Waals surface area (Å²) < 4.78 is 12.8. The van der Waals surface area contributed by atoms with Crippen LogP contribution in [0.3, 0.4) is 0 Å². The van der Waals surface area contributed by atoms with Gasteiger partial charge in [0.2, 0.25) is 0 Å². The van der Waals surface area contributed by atoms with Crippen LogP contribution >= 0.6 is 11.8 Å². The third kappa shape index (κ3) is 2.36. The lowest BCUT2D eigenvalue weighted by molar-refractivity contribution is -0.116. The van der Waals surface area contributed by atoms with Gasteiger partial charge in [-0.25, -0.2) is 4.39 Å². The Morgan fingerprint density at radius 2 is 2.04 bits per heavy atom. The smallest absolute Gasteiger partial charge is 0.168 e. The zero-order chi connectivity index (χ0) is 16.2. The first-order chi connectivity index (χ1) is 11.0. The molecule has 23 heavy (non-hydrogen) atoms. The van der Waals surface area contributed by atoms with Gasteiger partial charge in [0.15, 0.2) is 5.78 Å². The summed E-state index contributed by atoms with van der Waals surface area (Å²) in [6.45, 7) is 4.92. The van der Waals surface area contributed by atoms with Crippen molar-refractivity contribution in [3.8, 4) is 0 Å². The summed E-state index contributed by atoms with van der Waals surface area (Å²) in [6.07, 6.45) is 12.1. The van der Waals surface area contributed by atoms with Crippen molar-refractivity contribution in [1.82, 2.24) is 0 Å². The number of rotatable bonds is 2. The zero-order valence-corrected chi connectivity index (χ0v) is 15.3. The fraction of sp³-hybridized carbons (Fsp3) is 0.850. The van der Waals surface area contributed by atoms with E-state index in [0.717, 1.165) is 30.6 Å². The number of hydrogen-bond acceptors (Lipinski definition) is 2. The average Bonchev–Trinajstić information content (AvgIpc) is 2.91. The molecule has 4 aliphatic carbocycles. The lowest BCUT2D eigenvalue weighted by Gasteiger charge is -2.58. The molecule has 1 unspecified atom stereocenters. The fourth-order valence-electron chi connectivity index (χ4n) is 6.81. The Morgan fingerprint density at radius 1 is 1.22 bits per heavy atom. The van der Waals surface area contributed by atoms with E-state index in [2.05, 4.69) is 13.8 Å². The van der Waals surface area contributed by atoms with Gasteiger partial charge in [0, 0.05) is 0 Å². The van der Waals surface area contributed by atoms with Gasteiger partial charge in [-0.1, -0.05) is 25.8 Å². The molecular formula is C20H29FOS. The number of thioether (sulfide) groups is 1. The van der Waals surface area contributed by atoms with Gasteiger partial charge in [-0.2, -0.15) is 0 Å². The van der Waals surface area contributed by atoms with E-state index < -0.39 is 6.01 Å². The van der Waals surface area contributed by atoms with Crippen molar-refractivity contribution in [2.75, 3.05) is 6.01 Å². The van der Waals surface area contributed by atoms with Crippen LogP contribution in [0.4, 0.5) is 4.39 Å². The molecule has 0 aromatic carbocycles. The Labute approximate surface area is 143 Å². The lowest BCUT2D eigenvalue weighted by atomic mass is 9.47. The predicted molar refractivity (Wildman–Crippen MR) is 94.1 cm³/mol. The van der Waals surface area contributed by atoms with Crippen molar-refractivity contribution >= 4 is 17.5 Å². The van der Waals surface area contributed by atoms with E-state index in [1.165, 1.54) is 55.9 Å². The monoisotopic (exact) mass is 336 g/mol. The molecule has 0 saturated heterocycles. The van der Waals surface area contributed by atoms with Crippen LogP contribution in [0.5, 0.6) is 0 Å². The van der Waals surface area contributed by atoms with E-state index in [1.54, 1.807) is 0 Å². The number of ketones is 1. The topological polar surface area (TPSA) is 17.1 Å². The summed E-state index contributed by atoms with van der Waals surface area (Å²) in [7, 11) is 0. The molecule has 3 saturated carbocycles. The van der Waals surface area contributed by atoms with Crippen LogP contribution in [0.25, 0.3) is 0 Å². The molecular weight excluding hydrogens is 307 g/mol. The largest absolute Gasteiger partial charge is 0.294 e. The van der Waals surface area contributed by atoms with Gasteiger partial charge in [-0.15, -0.1) is 11.8 Å². The Morgan fingerprint density at radius 3 is 2.83 bits per heavy atom. The SMILES string of the molecule is C[C@@]12CCC[C@H]1[C@@H]1CCC3=CC(=O)C(SCF)C[C@]3(C)[C@H]1CC2. The van der Waals surface area contributed by atoms with Gasteiger partial charge in [0.25, 0.3) is 0 Å². The molecule has 0 heterocycles. The minimum Gasteiger partial charge on any atom is -0.294 e. The molecule has 0 aromatic rings. The molecule has 4 rings (SSSR count). The molecule has 0 aliphatic heterocycles. The van der Waals surface area contributed by atoms with Crippen molar-refractivity contribution in [2.24, 2.45) is 28.6 Å². The van der Waals surface area contributed by atoms with Crippen molar-refractivity contribution < 1.29 is 9.18 Å². The Balaban J connectivity index is 1.66. The summed E-state index contributed by atoms with van der Waals surface area (Å²) in [4.78, 5) is 12.3. The van der Waals surface area contributed by atoms with E-state index in [1.807, 2.05) is 6.08 Å². The van der Waals surface area contributed by atoms with Crippen LogP contribution in [-0.2, 0) is 4.79 Å². The first kappa shape index (κ1) is 16.2. The molecule has 6 atom stereocenters. The maximum absolute atomic E-state index is 12.8. The van der Waals surface area contributed by atoms with Crippen LogP contribution in [0.15, 0.2) is 11.6 Å². The van der Waals surface area contributed by atoms with Gasteiger partial charge in [-0.05, 0) is 79.6 Å². The molecule has 0 radical (unpaired) electrons. The van der Waals surface area contributed by atoms with Gasteiger partial charge in [-0.3, -0.25) is 4.79 Å². The van der Waals surface area contributed by atoms with E-state index in [4.69, 9.17) is 0 Å². The van der Waals surface area contributed by atoms with Crippen molar-refractivity contribution in [3.63, 3.8) is 0 Å². The van der Waals surface area contributed by atoms with Gasteiger partial charge in [0.1, 0.15) is 6.01 Å². The second-order valence-electron chi connectivity index (χ2n) is 8.96. The average molecular weight is 337 g/mol. The van der Waals surface area contributed by atoms with Crippen LogP contribution in [0.2, 0.25) is 0 Å². The van der Waals surface area contributed by atoms with E-state index in [-0.39, 0.29) is 16.4 Å². The van der Waals surface area contributed by atoms with E-state index >= 15 is 0 Å². The lowest BCUT2D eigenvalue weighted by Crippen LogP contribution is -2.51. The van der Waals surface area contributed by atoms with Gasteiger partial charge < -0.3 is 0 Å². The first-order valence-electron chi connectivity index (χ1n) is 9.40. The van der Waals surface area contributed by atoms with Crippen LogP contribution in [-0.4, -0.2) is 17.0 Å². The third-order valence-electron chi connectivity index (χ3n) is 8.02. The molecule has 0 aromatic heterocycles. The number of carbonyl (C=O) groups is 1. The van der Waals surface area contributed by atoms with Gasteiger partial charge in [0.05, 0.1) is 5.25 Å². The number of hydrogen-bond donors (Lipinski definition) is 0. The minimum absolute atomic E-state index is 0.146. The second kappa shape index (κ2) is 5.61. The molecule has 128 valence electrons. The number of carbonyl (C=O) groups excluding carboxylic acids is 1. The molecule has 1 nitrogen and oxygen atoms in total. The second-order valence-corrected chi connectivity index (χ2v) is 10.1. The fourth-order valence-corrected chi connectivity index (χ4v) is 7.66. The number of alkyl halides is 1. The maximum Gasteiger partial charge on any atom is 0.168 e.